The van der Waals surface area contributed by atoms with E-state index in [1.807, 2.05) is 30.3 Å². The summed E-state index contributed by atoms with van der Waals surface area (Å²) in [6.45, 7) is 3.59. The summed E-state index contributed by atoms with van der Waals surface area (Å²) in [5.74, 6) is 0. The first-order valence-corrected chi connectivity index (χ1v) is 4.16. The third-order valence-corrected chi connectivity index (χ3v) is 1.80. The molecule has 0 saturated carbocycles. The minimum Gasteiger partial charge on any atom is -0.228 e. The van der Waals surface area contributed by atoms with Crippen molar-refractivity contribution in [1.82, 2.24) is 0 Å². The fraction of sp³-hybridized carbons (Fsp3) is 0.273. The average Bonchev–Trinajstić information content (AvgIpc) is 2.15. The van der Waals surface area contributed by atoms with Crippen molar-refractivity contribution < 1.29 is 5.11 Å². The van der Waals surface area contributed by atoms with E-state index in [2.05, 4.69) is 6.58 Å². The van der Waals surface area contributed by atoms with Crippen LogP contribution in [0.3, 0.4) is 0 Å². The summed E-state index contributed by atoms with van der Waals surface area (Å²) in [4.78, 5) is 0. The molecule has 1 nitrogen and oxygen atoms in total. The summed E-state index contributed by atoms with van der Waals surface area (Å²) in [5.41, 5.74) is 0.874. The van der Waals surface area contributed by atoms with Gasteiger partial charge in [-0.05, 0) is 18.4 Å². The molecule has 63 valence electrons. The van der Waals surface area contributed by atoms with E-state index in [-0.39, 0.29) is 0 Å². The van der Waals surface area contributed by atoms with Crippen LogP contribution < -0.4 is 0 Å². The van der Waals surface area contributed by atoms with Gasteiger partial charge in [-0.1, -0.05) is 36.4 Å². The molecule has 0 aliphatic carbocycles. The van der Waals surface area contributed by atoms with Crippen molar-refractivity contribution in [3.8, 4) is 0 Å². The Kier molecular flexibility index (Phi) is 3.55. The molecule has 0 saturated heterocycles. The van der Waals surface area contributed by atoms with Gasteiger partial charge in [0.2, 0.25) is 0 Å². The van der Waals surface area contributed by atoms with Crippen LogP contribution in [0.5, 0.6) is 0 Å². The van der Waals surface area contributed by atoms with Crippen LogP contribution in [-0.4, -0.2) is 0 Å². The van der Waals surface area contributed by atoms with Crippen molar-refractivity contribution in [2.75, 3.05) is 0 Å². The maximum absolute atomic E-state index is 11.4. The molecule has 0 aromatic heterocycles. The lowest BCUT2D eigenvalue weighted by Gasteiger charge is -2.05. The SMILES string of the molecule is C=CCCC([O])c1ccccc1. The van der Waals surface area contributed by atoms with Gasteiger partial charge in [0.25, 0.3) is 0 Å². The van der Waals surface area contributed by atoms with Crippen molar-refractivity contribution in [2.45, 2.75) is 18.9 Å². The van der Waals surface area contributed by atoms with E-state index in [1.165, 1.54) is 0 Å². The van der Waals surface area contributed by atoms with Crippen LogP contribution in [0.25, 0.3) is 0 Å². The first-order chi connectivity index (χ1) is 5.84. The van der Waals surface area contributed by atoms with E-state index in [1.54, 1.807) is 6.08 Å². The van der Waals surface area contributed by atoms with E-state index in [4.69, 9.17) is 0 Å². The topological polar surface area (TPSA) is 19.9 Å². The largest absolute Gasteiger partial charge is 0.228 e. The lowest BCUT2D eigenvalue weighted by Crippen LogP contribution is -1.93. The predicted octanol–water partition coefficient (Wildman–Crippen LogP) is 3.12. The van der Waals surface area contributed by atoms with Crippen molar-refractivity contribution in [3.05, 3.63) is 48.6 Å². The molecule has 0 aliphatic heterocycles. The van der Waals surface area contributed by atoms with Gasteiger partial charge in [0, 0.05) is 0 Å². The van der Waals surface area contributed by atoms with Gasteiger partial charge in [-0.3, -0.25) is 0 Å². The quantitative estimate of drug-likeness (QED) is 0.604. The second-order valence-electron chi connectivity index (χ2n) is 2.77. The van der Waals surface area contributed by atoms with Crippen LogP contribution in [0.2, 0.25) is 0 Å². The van der Waals surface area contributed by atoms with E-state index < -0.39 is 6.10 Å². The number of rotatable bonds is 4. The molecule has 0 heterocycles. The zero-order valence-corrected chi connectivity index (χ0v) is 7.07. The molecule has 0 bridgehead atoms. The molecule has 0 amide bonds. The van der Waals surface area contributed by atoms with Crippen LogP contribution in [0.15, 0.2) is 43.0 Å². The molecule has 0 fully saturated rings. The zero-order chi connectivity index (χ0) is 8.81. The Labute approximate surface area is 73.4 Å². The summed E-state index contributed by atoms with van der Waals surface area (Å²) < 4.78 is 0. The summed E-state index contributed by atoms with van der Waals surface area (Å²) in [5, 5.41) is 11.4. The number of hydrogen-bond acceptors (Lipinski definition) is 0. The van der Waals surface area contributed by atoms with Gasteiger partial charge >= 0.3 is 0 Å². The van der Waals surface area contributed by atoms with Crippen molar-refractivity contribution in [1.29, 1.82) is 0 Å². The summed E-state index contributed by atoms with van der Waals surface area (Å²) >= 11 is 0. The summed E-state index contributed by atoms with van der Waals surface area (Å²) in [7, 11) is 0. The van der Waals surface area contributed by atoms with Crippen molar-refractivity contribution in [3.63, 3.8) is 0 Å². The van der Waals surface area contributed by atoms with Crippen LogP contribution in [0.1, 0.15) is 24.5 Å². The van der Waals surface area contributed by atoms with Crippen LogP contribution in [0.4, 0.5) is 0 Å². The summed E-state index contributed by atoms with van der Waals surface area (Å²) in [6.07, 6.45) is 2.63. The second kappa shape index (κ2) is 4.73. The Bertz CT molecular complexity index is 228. The molecule has 1 rings (SSSR count). The molecule has 1 heteroatoms. The molecular weight excluding hydrogens is 148 g/mol. The fourth-order valence-corrected chi connectivity index (χ4v) is 1.10. The smallest absolute Gasteiger partial charge is 0.118 e. The highest BCUT2D eigenvalue weighted by Crippen LogP contribution is 2.18. The molecular formula is C11H13O. The van der Waals surface area contributed by atoms with E-state index in [0.29, 0.717) is 6.42 Å². The number of hydrogen-bond donors (Lipinski definition) is 0. The minimum absolute atomic E-state index is 0.593. The molecule has 1 unspecified atom stereocenters. The van der Waals surface area contributed by atoms with Crippen molar-refractivity contribution in [2.24, 2.45) is 0 Å². The Balaban J connectivity index is 2.53. The first kappa shape index (κ1) is 9.01. The predicted molar refractivity (Wildman–Crippen MR) is 49.3 cm³/mol. The van der Waals surface area contributed by atoms with Gasteiger partial charge in [0.05, 0.1) is 0 Å². The molecule has 1 atom stereocenters. The third kappa shape index (κ3) is 2.51. The lowest BCUT2D eigenvalue weighted by atomic mass is 10.1. The maximum Gasteiger partial charge on any atom is 0.118 e. The molecule has 1 radical (unpaired) electrons. The van der Waals surface area contributed by atoms with E-state index >= 15 is 0 Å². The maximum atomic E-state index is 11.4. The Morgan fingerprint density at radius 1 is 1.33 bits per heavy atom. The second-order valence-corrected chi connectivity index (χ2v) is 2.77. The first-order valence-electron chi connectivity index (χ1n) is 4.16. The van der Waals surface area contributed by atoms with Gasteiger partial charge in [-0.2, -0.15) is 0 Å². The van der Waals surface area contributed by atoms with E-state index in [0.717, 1.165) is 12.0 Å². The Morgan fingerprint density at radius 3 is 2.58 bits per heavy atom. The monoisotopic (exact) mass is 161 g/mol. The standard InChI is InChI=1S/C11H13O/c1-2-3-9-11(12)10-7-5-4-6-8-10/h2,4-8,11H,1,3,9H2. The Morgan fingerprint density at radius 2 is 2.00 bits per heavy atom. The normalized spacial score (nSPS) is 12.4. The van der Waals surface area contributed by atoms with Crippen LogP contribution in [-0.2, 0) is 5.11 Å². The molecule has 12 heavy (non-hydrogen) atoms. The van der Waals surface area contributed by atoms with Crippen LogP contribution in [0, 0.1) is 0 Å². The minimum atomic E-state index is -0.593. The lowest BCUT2D eigenvalue weighted by molar-refractivity contribution is 0.0821. The number of benzene rings is 1. The molecule has 1 aromatic carbocycles. The highest BCUT2D eigenvalue weighted by molar-refractivity contribution is 5.17. The highest BCUT2D eigenvalue weighted by atomic mass is 16.3. The highest BCUT2D eigenvalue weighted by Gasteiger charge is 2.06. The average molecular weight is 161 g/mol. The molecule has 0 spiro atoms. The number of allylic oxidation sites excluding steroid dienone is 1. The van der Waals surface area contributed by atoms with Crippen molar-refractivity contribution >= 4 is 0 Å². The fourth-order valence-electron chi connectivity index (χ4n) is 1.10. The summed E-state index contributed by atoms with van der Waals surface area (Å²) in [6, 6.07) is 9.47. The molecule has 0 N–H and O–H groups in total. The van der Waals surface area contributed by atoms with Gasteiger partial charge < -0.3 is 0 Å². The molecule has 0 aliphatic rings. The van der Waals surface area contributed by atoms with Gasteiger partial charge in [0.15, 0.2) is 0 Å². The van der Waals surface area contributed by atoms with Gasteiger partial charge in [-0.15, -0.1) is 6.58 Å². The Hall–Kier alpha value is -1.08. The van der Waals surface area contributed by atoms with Crippen LogP contribution >= 0.6 is 0 Å². The molecule has 1 aromatic rings. The zero-order valence-electron chi connectivity index (χ0n) is 7.07. The van der Waals surface area contributed by atoms with Gasteiger partial charge in [0.1, 0.15) is 6.10 Å². The van der Waals surface area contributed by atoms with E-state index in [9.17, 15) is 5.11 Å². The third-order valence-electron chi connectivity index (χ3n) is 1.80. The van der Waals surface area contributed by atoms with Gasteiger partial charge in [-0.25, -0.2) is 5.11 Å².